The zero-order valence-electron chi connectivity index (χ0n) is 18.6. The highest BCUT2D eigenvalue weighted by Crippen LogP contribution is 2.43. The minimum atomic E-state index is 0.257. The third-order valence-corrected chi connectivity index (χ3v) is 7.86. The fourth-order valence-corrected chi connectivity index (χ4v) is 6.05. The minimum absolute atomic E-state index is 0.257. The van der Waals surface area contributed by atoms with E-state index in [9.17, 15) is 4.79 Å². The summed E-state index contributed by atoms with van der Waals surface area (Å²) in [4.78, 5) is 24.2. The highest BCUT2D eigenvalue weighted by molar-refractivity contribution is 7.15. The largest absolute Gasteiger partial charge is 0.480 e. The molecule has 1 aliphatic heterocycles. The Morgan fingerprint density at radius 1 is 0.971 bits per heavy atom. The Labute approximate surface area is 212 Å². The lowest BCUT2D eigenvalue weighted by molar-refractivity contribution is 0.112. The van der Waals surface area contributed by atoms with Crippen LogP contribution < -0.4 is 4.74 Å². The van der Waals surface area contributed by atoms with Gasteiger partial charge < -0.3 is 9.64 Å². The van der Waals surface area contributed by atoms with Gasteiger partial charge in [-0.15, -0.1) is 11.3 Å². The molecule has 3 heterocycles. The van der Waals surface area contributed by atoms with Crippen LogP contribution in [-0.4, -0.2) is 41.9 Å². The molecule has 0 saturated heterocycles. The molecule has 0 atom stereocenters. The van der Waals surface area contributed by atoms with Gasteiger partial charge in [0.1, 0.15) is 5.01 Å². The van der Waals surface area contributed by atoms with Crippen LogP contribution in [0.1, 0.15) is 20.9 Å². The van der Waals surface area contributed by atoms with Crippen molar-refractivity contribution in [3.8, 4) is 38.8 Å². The molecule has 5 rings (SSSR count). The Kier molecular flexibility index (Phi) is 6.40. The van der Waals surface area contributed by atoms with Crippen LogP contribution in [0.3, 0.4) is 0 Å². The predicted octanol–water partition coefficient (Wildman–Crippen LogP) is 6.65. The summed E-state index contributed by atoms with van der Waals surface area (Å²) in [5, 5.41) is 2.06. The second-order valence-electron chi connectivity index (χ2n) is 8.12. The fourth-order valence-electron chi connectivity index (χ4n) is 4.14. The number of likely N-dealkylation sites (N-methyl/N-ethyl adjacent to an activating group) is 1. The van der Waals surface area contributed by atoms with Gasteiger partial charge in [-0.3, -0.25) is 4.79 Å². The molecule has 2 aromatic heterocycles. The number of ether oxygens (including phenoxy) is 1. The summed E-state index contributed by atoms with van der Waals surface area (Å²) >= 11 is 15.5. The van der Waals surface area contributed by atoms with Gasteiger partial charge in [-0.2, -0.15) is 0 Å². The molecule has 0 radical (unpaired) electrons. The Hall–Kier alpha value is -2.77. The lowest BCUT2D eigenvalue weighted by Gasteiger charge is -2.20. The maximum atomic E-state index is 11.2. The number of aldehydes is 1. The molecule has 0 fully saturated rings. The number of aromatic nitrogens is 2. The molecule has 0 amide bonds. The molecule has 34 heavy (non-hydrogen) atoms. The summed E-state index contributed by atoms with van der Waals surface area (Å²) in [6, 6.07) is 15.1. The average Bonchev–Trinajstić information content (AvgIpc) is 3.27. The van der Waals surface area contributed by atoms with Crippen molar-refractivity contribution >= 4 is 40.8 Å². The first kappa shape index (κ1) is 23.0. The van der Waals surface area contributed by atoms with E-state index in [2.05, 4.69) is 16.9 Å². The standard InChI is InChI=1S/C26H21Cl2N3O2S/c1-31-12-11-21-22(13-31)34-26(30-21)19-8-4-6-17(24(19)28)16-5-3-7-18(23(16)27)20-10-9-15(14-32)25(29-20)33-2/h3-10,14H,11-13H2,1-2H3. The number of thiazole rings is 1. The molecule has 0 spiro atoms. The van der Waals surface area contributed by atoms with Crippen molar-refractivity contribution < 1.29 is 9.53 Å². The molecular formula is C26H21Cl2N3O2S. The van der Waals surface area contributed by atoms with Gasteiger partial charge in [0.05, 0.1) is 34.1 Å². The Morgan fingerprint density at radius 2 is 1.65 bits per heavy atom. The molecule has 4 aromatic rings. The highest BCUT2D eigenvalue weighted by atomic mass is 35.5. The number of fused-ring (bicyclic) bond motifs is 1. The summed E-state index contributed by atoms with van der Waals surface area (Å²) < 4.78 is 5.26. The second-order valence-corrected chi connectivity index (χ2v) is 9.96. The Bertz CT molecular complexity index is 1400. The van der Waals surface area contributed by atoms with Crippen LogP contribution in [0.2, 0.25) is 10.0 Å². The van der Waals surface area contributed by atoms with E-state index in [0.717, 1.165) is 46.8 Å². The van der Waals surface area contributed by atoms with E-state index in [1.165, 1.54) is 17.7 Å². The number of rotatable bonds is 5. The van der Waals surface area contributed by atoms with Gasteiger partial charge in [-0.1, -0.05) is 59.6 Å². The maximum absolute atomic E-state index is 11.2. The Balaban J connectivity index is 1.58. The van der Waals surface area contributed by atoms with Gasteiger partial charge in [0.15, 0.2) is 6.29 Å². The van der Waals surface area contributed by atoms with Gasteiger partial charge in [-0.25, -0.2) is 9.97 Å². The van der Waals surface area contributed by atoms with Gasteiger partial charge in [0, 0.05) is 46.6 Å². The van der Waals surface area contributed by atoms with Crippen LogP contribution in [0.25, 0.3) is 33.0 Å². The van der Waals surface area contributed by atoms with Crippen molar-refractivity contribution in [2.75, 3.05) is 20.7 Å². The number of benzene rings is 2. The molecular weight excluding hydrogens is 489 g/mol. The monoisotopic (exact) mass is 509 g/mol. The quantitative estimate of drug-likeness (QED) is 0.281. The third kappa shape index (κ3) is 4.12. The lowest BCUT2D eigenvalue weighted by Crippen LogP contribution is -2.25. The van der Waals surface area contributed by atoms with Crippen molar-refractivity contribution in [1.82, 2.24) is 14.9 Å². The topological polar surface area (TPSA) is 55.3 Å². The molecule has 0 aliphatic carbocycles. The highest BCUT2D eigenvalue weighted by Gasteiger charge is 2.22. The first-order valence-electron chi connectivity index (χ1n) is 10.8. The van der Waals surface area contributed by atoms with Crippen molar-refractivity contribution in [2.24, 2.45) is 0 Å². The average molecular weight is 510 g/mol. The molecule has 1 aliphatic rings. The summed E-state index contributed by atoms with van der Waals surface area (Å²) in [6.45, 7) is 1.93. The van der Waals surface area contributed by atoms with Crippen LogP contribution in [0.15, 0.2) is 48.5 Å². The van der Waals surface area contributed by atoms with Crippen molar-refractivity contribution in [1.29, 1.82) is 0 Å². The van der Waals surface area contributed by atoms with Crippen LogP contribution in [0, 0.1) is 0 Å². The van der Waals surface area contributed by atoms with Gasteiger partial charge in [0.2, 0.25) is 5.88 Å². The van der Waals surface area contributed by atoms with Crippen LogP contribution in [0.4, 0.5) is 0 Å². The van der Waals surface area contributed by atoms with E-state index in [1.54, 1.807) is 23.5 Å². The van der Waals surface area contributed by atoms with E-state index >= 15 is 0 Å². The maximum Gasteiger partial charge on any atom is 0.224 e. The first-order valence-corrected chi connectivity index (χ1v) is 12.3. The van der Waals surface area contributed by atoms with E-state index in [1.807, 2.05) is 36.4 Å². The smallest absolute Gasteiger partial charge is 0.224 e. The summed E-state index contributed by atoms with van der Waals surface area (Å²) in [6.07, 6.45) is 1.67. The molecule has 0 saturated carbocycles. The van der Waals surface area contributed by atoms with Gasteiger partial charge in [0.25, 0.3) is 0 Å². The summed E-state index contributed by atoms with van der Waals surface area (Å²) in [7, 11) is 3.61. The molecule has 5 nitrogen and oxygen atoms in total. The van der Waals surface area contributed by atoms with Crippen molar-refractivity contribution in [3.63, 3.8) is 0 Å². The fraction of sp³-hybridized carbons (Fsp3) is 0.192. The molecule has 172 valence electrons. The normalized spacial score (nSPS) is 13.5. The van der Waals surface area contributed by atoms with Crippen molar-refractivity contribution in [3.05, 3.63) is 74.7 Å². The van der Waals surface area contributed by atoms with Crippen LogP contribution >= 0.6 is 34.5 Å². The number of methoxy groups -OCH3 is 1. The third-order valence-electron chi connectivity index (χ3n) is 5.93. The predicted molar refractivity (Wildman–Crippen MR) is 138 cm³/mol. The summed E-state index contributed by atoms with van der Waals surface area (Å²) in [5.41, 5.74) is 5.41. The second kappa shape index (κ2) is 9.47. The number of hydrogen-bond acceptors (Lipinski definition) is 6. The van der Waals surface area contributed by atoms with E-state index in [4.69, 9.17) is 32.9 Å². The molecule has 0 unspecified atom stereocenters. The number of pyridine rings is 1. The Morgan fingerprint density at radius 3 is 2.35 bits per heavy atom. The van der Waals surface area contributed by atoms with Gasteiger partial charge >= 0.3 is 0 Å². The molecule has 0 N–H and O–H groups in total. The van der Waals surface area contributed by atoms with Crippen molar-refractivity contribution in [2.45, 2.75) is 13.0 Å². The molecule has 8 heteroatoms. The summed E-state index contributed by atoms with van der Waals surface area (Å²) in [5.74, 6) is 0.257. The van der Waals surface area contributed by atoms with Crippen LogP contribution in [0.5, 0.6) is 5.88 Å². The first-order chi connectivity index (χ1) is 16.5. The minimum Gasteiger partial charge on any atom is -0.480 e. The number of carbonyl (C=O) groups is 1. The van der Waals surface area contributed by atoms with E-state index < -0.39 is 0 Å². The number of hydrogen-bond donors (Lipinski definition) is 0. The van der Waals surface area contributed by atoms with E-state index in [-0.39, 0.29) is 5.88 Å². The number of carbonyl (C=O) groups excluding carboxylic acids is 1. The van der Waals surface area contributed by atoms with Gasteiger partial charge in [-0.05, 0) is 19.2 Å². The van der Waals surface area contributed by atoms with E-state index in [0.29, 0.717) is 27.6 Å². The van der Waals surface area contributed by atoms with Crippen LogP contribution in [-0.2, 0) is 13.0 Å². The molecule has 2 aromatic carbocycles. The number of nitrogens with zero attached hydrogens (tertiary/aromatic N) is 3. The number of halogens is 2. The zero-order valence-corrected chi connectivity index (χ0v) is 21.0. The SMILES string of the molecule is COc1nc(-c2cccc(-c3cccc(-c4nc5c(s4)CN(C)CC5)c3Cl)c2Cl)ccc1C=O. The lowest BCUT2D eigenvalue weighted by atomic mass is 9.99. The zero-order chi connectivity index (χ0) is 23.8. The molecule has 0 bridgehead atoms.